The van der Waals surface area contributed by atoms with E-state index in [-0.39, 0.29) is 33.8 Å². The lowest BCUT2D eigenvalue weighted by molar-refractivity contribution is -0.00514. The van der Waals surface area contributed by atoms with Crippen LogP contribution in [0.3, 0.4) is 0 Å². The summed E-state index contributed by atoms with van der Waals surface area (Å²) in [4.78, 5) is 5.48. The fraction of sp³-hybridized carbons (Fsp3) is 0.406. The van der Waals surface area contributed by atoms with Gasteiger partial charge in [-0.15, -0.1) is 11.3 Å². The predicted octanol–water partition coefficient (Wildman–Crippen LogP) is 16.3. The van der Waals surface area contributed by atoms with E-state index in [0.717, 1.165) is 34.6 Å². The van der Waals surface area contributed by atoms with E-state index in [9.17, 15) is 0 Å². The Bertz CT molecular complexity index is 3460. The molecule has 69 heavy (non-hydrogen) atoms. The zero-order chi connectivity index (χ0) is 47.3. The molecule has 3 nitrogen and oxygen atoms in total. The van der Waals surface area contributed by atoms with Crippen LogP contribution in [0.2, 0.25) is 0 Å². The number of thiophene rings is 1. The Morgan fingerprint density at radius 2 is 1.22 bits per heavy atom. The largest absolute Gasteiger partial charge is 0.454 e. The number of hydrogen-bond donors (Lipinski definition) is 0. The zero-order valence-electron chi connectivity index (χ0n) is 42.6. The molecule has 348 valence electrons. The van der Waals surface area contributed by atoms with E-state index in [1.807, 2.05) is 11.3 Å². The minimum Gasteiger partial charge on any atom is -0.454 e. The molecule has 2 aromatic heterocycles. The highest BCUT2D eigenvalue weighted by molar-refractivity contribution is 7.33. The lowest BCUT2D eigenvalue weighted by Gasteiger charge is -2.57. The van der Waals surface area contributed by atoms with Crippen molar-refractivity contribution in [1.29, 1.82) is 0 Å². The van der Waals surface area contributed by atoms with Gasteiger partial charge in [0.2, 0.25) is 0 Å². The van der Waals surface area contributed by atoms with E-state index in [1.165, 1.54) is 139 Å². The van der Waals surface area contributed by atoms with Gasteiger partial charge in [-0.25, -0.2) is 0 Å². The van der Waals surface area contributed by atoms with Gasteiger partial charge in [0.25, 0.3) is 6.71 Å². The average Bonchev–Trinajstić information content (AvgIpc) is 3.88. The third kappa shape index (κ3) is 6.10. The number of fused-ring (bicyclic) bond motifs is 10. The smallest absolute Gasteiger partial charge is 0.264 e. The topological polar surface area (TPSA) is 19.6 Å². The summed E-state index contributed by atoms with van der Waals surface area (Å²) >= 11 is 2.03. The van der Waals surface area contributed by atoms with Gasteiger partial charge in [-0.05, 0) is 190 Å². The third-order valence-electron chi connectivity index (χ3n) is 18.8. The van der Waals surface area contributed by atoms with Gasteiger partial charge in [0.1, 0.15) is 5.58 Å². The molecule has 4 heterocycles. The second kappa shape index (κ2) is 14.0. The van der Waals surface area contributed by atoms with E-state index in [1.54, 1.807) is 5.56 Å². The molecule has 0 atom stereocenters. The third-order valence-corrected chi connectivity index (χ3v) is 20.0. The summed E-state index contributed by atoms with van der Waals surface area (Å²) in [5.74, 6) is 2.49. The Kier molecular flexibility index (Phi) is 8.64. The van der Waals surface area contributed by atoms with Gasteiger partial charge in [-0.1, -0.05) is 124 Å². The average molecular weight is 923 g/mol. The highest BCUT2D eigenvalue weighted by atomic mass is 32.1. The highest BCUT2D eigenvalue weighted by Gasteiger charge is 2.54. The van der Waals surface area contributed by atoms with Gasteiger partial charge in [-0.2, -0.15) is 0 Å². The summed E-state index contributed by atoms with van der Waals surface area (Å²) in [5, 5.41) is 3.73. The monoisotopic (exact) mass is 923 g/mol. The van der Waals surface area contributed by atoms with E-state index in [0.29, 0.717) is 0 Å². The number of anilines is 6. The van der Waals surface area contributed by atoms with Crippen molar-refractivity contribution >= 4 is 99.9 Å². The maximum atomic E-state index is 7.06. The first kappa shape index (κ1) is 42.6. The Labute approximate surface area is 414 Å². The molecule has 0 radical (unpaired) electrons. The van der Waals surface area contributed by atoms with Gasteiger partial charge in [0.05, 0.1) is 11.4 Å². The van der Waals surface area contributed by atoms with Crippen LogP contribution >= 0.6 is 11.3 Å². The van der Waals surface area contributed by atoms with Gasteiger partial charge < -0.3 is 14.2 Å². The lowest BCUT2D eigenvalue weighted by Crippen LogP contribution is -2.60. The van der Waals surface area contributed by atoms with E-state index < -0.39 is 0 Å². The molecule has 8 aromatic rings. The minimum absolute atomic E-state index is 0.0135. The molecule has 0 unspecified atom stereocenters. The summed E-state index contributed by atoms with van der Waals surface area (Å²) in [5.41, 5.74) is 20.2. The summed E-state index contributed by atoms with van der Waals surface area (Å²) < 4.78 is 9.88. The molecule has 4 saturated carbocycles. The van der Waals surface area contributed by atoms with Gasteiger partial charge in [0.15, 0.2) is 5.58 Å². The van der Waals surface area contributed by atoms with E-state index in [2.05, 4.69) is 188 Å². The molecule has 0 spiro atoms. The SMILES string of the molecule is CC(C)(C)c1ccc2c(c1)N(c1cccc3c1oc1ccccc13)c1cc(C34CC5CC(CC(C5)C3)C4)cc3c1B2c1sc2ccc(C(C)(C)C)cc2c1N3c1ccc2c(c1)C(C)(C)CCC2(C)C. The summed E-state index contributed by atoms with van der Waals surface area (Å²) in [6, 6.07) is 43.6. The standard InChI is InChI=1S/C64H67BN2OS/c1-60(2,3)40-19-23-55-46(29-40)57-59(69-55)65-49-22-18-41(61(4,5)6)30-51(49)67(50-16-13-15-45-44-14-11-12-17-54(44)68-58(45)50)53-32-42(64-34-37-26-38(35-64)28-39(27-37)36-64)31-52(56(53)65)66(57)43-20-21-47-48(33-43)63(9,10)25-24-62(47,7)8/h11-23,29-33,37-39H,24-28,34-36H2,1-10H3. The number of hydrogen-bond acceptors (Lipinski definition) is 4. The molecule has 2 aliphatic heterocycles. The van der Waals surface area contributed by atoms with Crippen molar-refractivity contribution in [2.45, 2.75) is 148 Å². The number of furan rings is 1. The van der Waals surface area contributed by atoms with Crippen LogP contribution in [0, 0.1) is 17.8 Å². The summed E-state index contributed by atoms with van der Waals surface area (Å²) in [6.45, 7) is 24.2. The van der Waals surface area contributed by atoms with Crippen molar-refractivity contribution in [3.05, 3.63) is 137 Å². The second-order valence-electron chi connectivity index (χ2n) is 26.3. The first-order valence-corrected chi connectivity index (χ1v) is 27.2. The van der Waals surface area contributed by atoms with Crippen LogP contribution in [0.4, 0.5) is 34.1 Å². The first-order chi connectivity index (χ1) is 32.9. The van der Waals surface area contributed by atoms with Gasteiger partial charge in [-0.3, -0.25) is 0 Å². The van der Waals surface area contributed by atoms with Crippen molar-refractivity contribution in [3.63, 3.8) is 0 Å². The quantitative estimate of drug-likeness (QED) is 0.165. The fourth-order valence-electron chi connectivity index (χ4n) is 15.3. The maximum Gasteiger partial charge on any atom is 0.264 e. The Morgan fingerprint density at radius 1 is 0.580 bits per heavy atom. The first-order valence-electron chi connectivity index (χ1n) is 26.4. The van der Waals surface area contributed by atoms with E-state index >= 15 is 0 Å². The normalized spacial score (nSPS) is 24.0. The summed E-state index contributed by atoms with van der Waals surface area (Å²) in [7, 11) is 0. The molecule has 0 saturated heterocycles. The fourth-order valence-corrected chi connectivity index (χ4v) is 16.6. The summed E-state index contributed by atoms with van der Waals surface area (Å²) in [6.07, 6.45) is 10.6. The number of nitrogens with zero attached hydrogens (tertiary/aromatic N) is 2. The number of benzene rings is 6. The molecule has 4 bridgehead atoms. The molecular formula is C64H67BN2OS. The Morgan fingerprint density at radius 3 is 1.93 bits per heavy atom. The van der Waals surface area contributed by atoms with Crippen LogP contribution in [0.1, 0.15) is 148 Å². The minimum atomic E-state index is -0.0389. The molecule has 5 aliphatic carbocycles. The molecule has 4 fully saturated rings. The van der Waals surface area contributed by atoms with Crippen LogP contribution in [0.15, 0.2) is 114 Å². The van der Waals surface area contributed by atoms with Crippen LogP contribution in [0.5, 0.6) is 0 Å². The molecule has 15 rings (SSSR count). The molecule has 5 heteroatoms. The van der Waals surface area contributed by atoms with Gasteiger partial charge in [0, 0.05) is 48.4 Å². The predicted molar refractivity (Wildman–Crippen MR) is 296 cm³/mol. The molecule has 0 N–H and O–H groups in total. The number of para-hydroxylation sites is 2. The van der Waals surface area contributed by atoms with Crippen molar-refractivity contribution in [3.8, 4) is 0 Å². The van der Waals surface area contributed by atoms with Crippen molar-refractivity contribution in [1.82, 2.24) is 0 Å². The number of rotatable bonds is 3. The highest BCUT2D eigenvalue weighted by Crippen LogP contribution is 2.62. The maximum absolute atomic E-state index is 7.06. The van der Waals surface area contributed by atoms with Gasteiger partial charge >= 0.3 is 0 Å². The Hall–Kier alpha value is -5.26. The lowest BCUT2D eigenvalue weighted by atomic mass is 9.36. The molecule has 7 aliphatic rings. The molecular weight excluding hydrogens is 856 g/mol. The van der Waals surface area contributed by atoms with Crippen molar-refractivity contribution < 1.29 is 4.42 Å². The zero-order valence-corrected chi connectivity index (χ0v) is 43.4. The van der Waals surface area contributed by atoms with Crippen LogP contribution in [-0.2, 0) is 27.1 Å². The van der Waals surface area contributed by atoms with Crippen molar-refractivity contribution in [2.75, 3.05) is 9.80 Å². The van der Waals surface area contributed by atoms with E-state index in [4.69, 9.17) is 4.42 Å². The Balaban J connectivity index is 1.13. The van der Waals surface area contributed by atoms with Crippen LogP contribution < -0.4 is 25.5 Å². The second-order valence-corrected chi connectivity index (χ2v) is 27.4. The molecule has 0 amide bonds. The molecule has 6 aromatic carbocycles. The van der Waals surface area contributed by atoms with Crippen LogP contribution in [0.25, 0.3) is 32.0 Å². The van der Waals surface area contributed by atoms with Crippen molar-refractivity contribution in [2.24, 2.45) is 17.8 Å². The van der Waals surface area contributed by atoms with Crippen LogP contribution in [-0.4, -0.2) is 6.71 Å².